The molecule has 0 radical (unpaired) electrons. The minimum Gasteiger partial charge on any atom is -0.348 e. The molecule has 1 heterocycles. The molecule has 0 bridgehead atoms. The van der Waals surface area contributed by atoms with Crippen molar-refractivity contribution in [1.29, 1.82) is 0 Å². The Kier molecular flexibility index (Phi) is 5.35. The van der Waals surface area contributed by atoms with Crippen LogP contribution < -0.4 is 10.2 Å². The van der Waals surface area contributed by atoms with Gasteiger partial charge in [-0.3, -0.25) is 9.59 Å². The van der Waals surface area contributed by atoms with E-state index < -0.39 is 0 Å². The van der Waals surface area contributed by atoms with E-state index in [1.807, 2.05) is 36.9 Å². The SMILES string of the molecule is CC(C)CC(=O)N1CCc2cc(CNC(=O)c3ccc(F)cc3)ccc21. The molecule has 5 heteroatoms. The third-order valence-electron chi connectivity index (χ3n) is 4.48. The highest BCUT2D eigenvalue weighted by atomic mass is 19.1. The van der Waals surface area contributed by atoms with Gasteiger partial charge >= 0.3 is 0 Å². The van der Waals surface area contributed by atoms with Crippen molar-refractivity contribution in [3.8, 4) is 0 Å². The highest BCUT2D eigenvalue weighted by Crippen LogP contribution is 2.30. The molecule has 0 aromatic heterocycles. The van der Waals surface area contributed by atoms with Crippen LogP contribution in [0.3, 0.4) is 0 Å². The number of fused-ring (bicyclic) bond motifs is 1. The lowest BCUT2D eigenvalue weighted by molar-refractivity contribution is -0.119. The molecule has 0 spiro atoms. The Hall–Kier alpha value is -2.69. The molecule has 2 aromatic carbocycles. The van der Waals surface area contributed by atoms with E-state index in [0.717, 1.165) is 23.2 Å². The maximum absolute atomic E-state index is 12.9. The first-order valence-corrected chi connectivity index (χ1v) is 8.90. The maximum atomic E-state index is 12.9. The molecule has 1 aliphatic rings. The Bertz CT molecular complexity index is 815. The van der Waals surface area contributed by atoms with E-state index in [0.29, 0.717) is 31.0 Å². The fourth-order valence-corrected chi connectivity index (χ4v) is 3.17. The monoisotopic (exact) mass is 354 g/mol. The van der Waals surface area contributed by atoms with Gasteiger partial charge in [-0.25, -0.2) is 4.39 Å². The topological polar surface area (TPSA) is 49.4 Å². The number of carbonyl (C=O) groups excluding carboxylic acids is 2. The van der Waals surface area contributed by atoms with Crippen molar-refractivity contribution >= 4 is 17.5 Å². The predicted octanol–water partition coefficient (Wildman–Crippen LogP) is 3.69. The zero-order valence-corrected chi connectivity index (χ0v) is 15.1. The smallest absolute Gasteiger partial charge is 0.251 e. The lowest BCUT2D eigenvalue weighted by Gasteiger charge is -2.18. The summed E-state index contributed by atoms with van der Waals surface area (Å²) in [5.41, 5.74) is 3.52. The number of nitrogens with zero attached hydrogens (tertiary/aromatic N) is 1. The summed E-state index contributed by atoms with van der Waals surface area (Å²) in [5, 5.41) is 2.84. The molecule has 3 rings (SSSR count). The van der Waals surface area contributed by atoms with Crippen molar-refractivity contribution in [1.82, 2.24) is 5.32 Å². The zero-order valence-electron chi connectivity index (χ0n) is 15.1. The van der Waals surface area contributed by atoms with Crippen LogP contribution in [0.25, 0.3) is 0 Å². The first-order valence-electron chi connectivity index (χ1n) is 8.90. The van der Waals surface area contributed by atoms with Crippen LogP contribution in [0.1, 0.15) is 41.8 Å². The molecule has 0 atom stereocenters. The second kappa shape index (κ2) is 7.68. The molecule has 1 aliphatic heterocycles. The molecule has 2 amide bonds. The first-order chi connectivity index (χ1) is 12.4. The maximum Gasteiger partial charge on any atom is 0.251 e. The highest BCUT2D eigenvalue weighted by molar-refractivity contribution is 5.96. The van der Waals surface area contributed by atoms with Crippen molar-refractivity contribution in [3.05, 3.63) is 65.0 Å². The van der Waals surface area contributed by atoms with Crippen molar-refractivity contribution in [3.63, 3.8) is 0 Å². The average Bonchev–Trinajstić information content (AvgIpc) is 3.03. The lowest BCUT2D eigenvalue weighted by atomic mass is 10.1. The number of halogens is 1. The summed E-state index contributed by atoms with van der Waals surface area (Å²) in [7, 11) is 0. The number of carbonyl (C=O) groups is 2. The summed E-state index contributed by atoms with van der Waals surface area (Å²) in [4.78, 5) is 26.3. The van der Waals surface area contributed by atoms with E-state index >= 15 is 0 Å². The summed E-state index contributed by atoms with van der Waals surface area (Å²) in [6.45, 7) is 5.19. The minimum absolute atomic E-state index is 0.163. The first kappa shape index (κ1) is 18.1. The summed E-state index contributed by atoms with van der Waals surface area (Å²) in [5.74, 6) is -0.0976. The van der Waals surface area contributed by atoms with Crippen LogP contribution in [0.5, 0.6) is 0 Å². The molecule has 0 fully saturated rings. The van der Waals surface area contributed by atoms with Crippen LogP contribution >= 0.6 is 0 Å². The van der Waals surface area contributed by atoms with Gasteiger partial charge in [0.05, 0.1) is 0 Å². The minimum atomic E-state index is -0.364. The summed E-state index contributed by atoms with van der Waals surface area (Å²) < 4.78 is 12.9. The largest absolute Gasteiger partial charge is 0.348 e. The van der Waals surface area contributed by atoms with Gasteiger partial charge in [-0.15, -0.1) is 0 Å². The standard InChI is InChI=1S/C21H23FN2O2/c1-14(2)11-20(25)24-10-9-17-12-15(3-8-19(17)24)13-23-21(26)16-4-6-18(22)7-5-16/h3-8,12,14H,9-11,13H2,1-2H3,(H,23,26). The Morgan fingerprint density at radius 2 is 1.88 bits per heavy atom. The van der Waals surface area contributed by atoms with Crippen LogP contribution in [0.4, 0.5) is 10.1 Å². The third-order valence-corrected chi connectivity index (χ3v) is 4.48. The van der Waals surface area contributed by atoms with Crippen LogP contribution in [-0.4, -0.2) is 18.4 Å². The predicted molar refractivity (Wildman–Crippen MR) is 99.5 cm³/mol. The molecular formula is C21H23FN2O2. The Morgan fingerprint density at radius 3 is 2.58 bits per heavy atom. The van der Waals surface area contributed by atoms with Crippen molar-refractivity contribution < 1.29 is 14.0 Å². The normalized spacial score (nSPS) is 13.0. The third kappa shape index (κ3) is 4.10. The molecule has 26 heavy (non-hydrogen) atoms. The Morgan fingerprint density at radius 1 is 1.15 bits per heavy atom. The fourth-order valence-electron chi connectivity index (χ4n) is 3.17. The summed E-state index contributed by atoms with van der Waals surface area (Å²) in [6, 6.07) is 11.4. The molecule has 4 nitrogen and oxygen atoms in total. The second-order valence-corrected chi connectivity index (χ2v) is 7.05. The van der Waals surface area contributed by atoms with Gasteiger partial charge < -0.3 is 10.2 Å². The molecule has 136 valence electrons. The zero-order chi connectivity index (χ0) is 18.7. The van der Waals surface area contributed by atoms with Crippen LogP contribution in [0.2, 0.25) is 0 Å². The number of hydrogen-bond donors (Lipinski definition) is 1. The highest BCUT2D eigenvalue weighted by Gasteiger charge is 2.25. The quantitative estimate of drug-likeness (QED) is 0.890. The fraction of sp³-hybridized carbons (Fsp3) is 0.333. The average molecular weight is 354 g/mol. The number of rotatable bonds is 5. The van der Waals surface area contributed by atoms with Crippen molar-refractivity contribution in [2.75, 3.05) is 11.4 Å². The van der Waals surface area contributed by atoms with Gasteiger partial charge in [-0.2, -0.15) is 0 Å². The van der Waals surface area contributed by atoms with Gasteiger partial charge in [0, 0.05) is 30.8 Å². The van der Waals surface area contributed by atoms with Gasteiger partial charge in [0.15, 0.2) is 0 Å². The molecule has 2 aromatic rings. The molecule has 0 saturated heterocycles. The van der Waals surface area contributed by atoms with Gasteiger partial charge in [0.2, 0.25) is 5.91 Å². The summed E-state index contributed by atoms with van der Waals surface area (Å²) in [6.07, 6.45) is 1.38. The lowest BCUT2D eigenvalue weighted by Crippen LogP contribution is -2.29. The van der Waals surface area contributed by atoms with Gasteiger partial charge in [0.1, 0.15) is 5.82 Å². The van der Waals surface area contributed by atoms with E-state index in [-0.39, 0.29) is 17.6 Å². The van der Waals surface area contributed by atoms with Crippen LogP contribution in [0, 0.1) is 11.7 Å². The number of hydrogen-bond acceptors (Lipinski definition) is 2. The molecule has 0 saturated carbocycles. The molecule has 0 aliphatic carbocycles. The van der Waals surface area contributed by atoms with Gasteiger partial charge in [0.25, 0.3) is 5.91 Å². The second-order valence-electron chi connectivity index (χ2n) is 7.05. The van der Waals surface area contributed by atoms with Crippen molar-refractivity contribution in [2.45, 2.75) is 33.2 Å². The Balaban J connectivity index is 1.64. The summed E-state index contributed by atoms with van der Waals surface area (Å²) >= 11 is 0. The van der Waals surface area contributed by atoms with E-state index in [2.05, 4.69) is 5.32 Å². The molecule has 1 N–H and O–H groups in total. The number of nitrogens with one attached hydrogen (secondary N) is 1. The van der Waals surface area contributed by atoms with Gasteiger partial charge in [-0.1, -0.05) is 26.0 Å². The number of benzene rings is 2. The Labute approximate surface area is 153 Å². The van der Waals surface area contributed by atoms with E-state index in [1.165, 1.54) is 24.3 Å². The number of amides is 2. The van der Waals surface area contributed by atoms with E-state index in [9.17, 15) is 14.0 Å². The van der Waals surface area contributed by atoms with E-state index in [1.54, 1.807) is 0 Å². The van der Waals surface area contributed by atoms with Crippen LogP contribution in [-0.2, 0) is 17.8 Å². The number of anilines is 1. The van der Waals surface area contributed by atoms with E-state index in [4.69, 9.17) is 0 Å². The van der Waals surface area contributed by atoms with Crippen LogP contribution in [0.15, 0.2) is 42.5 Å². The van der Waals surface area contributed by atoms with Gasteiger partial charge in [-0.05, 0) is 53.8 Å². The molecular weight excluding hydrogens is 331 g/mol. The molecule has 0 unspecified atom stereocenters. The van der Waals surface area contributed by atoms with Crippen molar-refractivity contribution in [2.24, 2.45) is 5.92 Å².